The van der Waals surface area contributed by atoms with Crippen molar-refractivity contribution in [1.82, 2.24) is 15.1 Å². The van der Waals surface area contributed by atoms with Gasteiger partial charge in [-0.05, 0) is 62.6 Å². The van der Waals surface area contributed by atoms with Gasteiger partial charge in [-0.3, -0.25) is 9.78 Å². The molecular weight excluding hydrogens is 424 g/mol. The zero-order chi connectivity index (χ0) is 24.1. The molecule has 3 aromatic rings. The van der Waals surface area contributed by atoms with E-state index in [1.165, 1.54) is 0 Å². The Morgan fingerprint density at radius 3 is 2.42 bits per heavy atom. The van der Waals surface area contributed by atoms with Gasteiger partial charge in [0.2, 0.25) is 11.7 Å². The minimum absolute atomic E-state index is 0.0841. The van der Waals surface area contributed by atoms with E-state index in [2.05, 4.69) is 22.0 Å². The normalized spacial score (nSPS) is 13.0. The molecule has 0 aliphatic heterocycles. The molecule has 176 valence electrons. The number of ether oxygens (including phenoxy) is 1. The second-order valence-electron chi connectivity index (χ2n) is 8.22. The Morgan fingerprint density at radius 2 is 1.79 bits per heavy atom. The zero-order valence-electron chi connectivity index (χ0n) is 19.3. The van der Waals surface area contributed by atoms with Crippen molar-refractivity contribution in [3.63, 3.8) is 0 Å². The summed E-state index contributed by atoms with van der Waals surface area (Å²) in [7, 11) is 0. The molecule has 33 heavy (non-hydrogen) atoms. The maximum absolute atomic E-state index is 10.9. The summed E-state index contributed by atoms with van der Waals surface area (Å²) in [4.78, 5) is 20.1. The number of hydrogen-bond acceptors (Lipinski definition) is 8. The van der Waals surface area contributed by atoms with Gasteiger partial charge in [0.1, 0.15) is 18.5 Å². The minimum Gasteiger partial charge on any atom is -0.490 e. The lowest BCUT2D eigenvalue weighted by Gasteiger charge is -2.17. The number of nitrogens with zero attached hydrogens (tertiary/aromatic N) is 3. The summed E-state index contributed by atoms with van der Waals surface area (Å²) in [6.45, 7) is 7.72. The first-order valence-electron chi connectivity index (χ1n) is 10.9. The molecule has 4 N–H and O–H groups in total. The Kier molecular flexibility index (Phi) is 7.78. The molecule has 1 amide bonds. The molecule has 1 unspecified atom stereocenters. The van der Waals surface area contributed by atoms with Crippen LogP contribution in [0.15, 0.2) is 28.8 Å². The second-order valence-corrected chi connectivity index (χ2v) is 8.22. The van der Waals surface area contributed by atoms with Crippen LogP contribution in [-0.4, -0.2) is 50.1 Å². The lowest BCUT2D eigenvalue weighted by molar-refractivity contribution is -0.127. The van der Waals surface area contributed by atoms with Gasteiger partial charge in [0.05, 0.1) is 6.10 Å². The molecule has 9 heteroatoms. The molecule has 9 nitrogen and oxygen atoms in total. The third kappa shape index (κ3) is 6.15. The first-order valence-corrected chi connectivity index (χ1v) is 10.9. The molecule has 2 aromatic heterocycles. The third-order valence-corrected chi connectivity index (χ3v) is 5.15. The number of carbonyl (C=O) groups is 1. The number of pyridine rings is 1. The molecule has 0 aliphatic rings. The van der Waals surface area contributed by atoms with Crippen molar-refractivity contribution in [3.05, 3.63) is 46.8 Å². The van der Waals surface area contributed by atoms with Crippen LogP contribution in [0.1, 0.15) is 42.3 Å². The van der Waals surface area contributed by atoms with Gasteiger partial charge in [-0.25, -0.2) is 0 Å². The van der Waals surface area contributed by atoms with E-state index in [4.69, 9.17) is 15.0 Å². The molecule has 0 spiro atoms. The summed E-state index contributed by atoms with van der Waals surface area (Å²) in [6, 6.07) is 7.65. The lowest BCUT2D eigenvalue weighted by Crippen LogP contribution is -2.33. The maximum Gasteiger partial charge on any atom is 0.258 e. The minimum atomic E-state index is -1.41. The number of aromatic nitrogens is 3. The summed E-state index contributed by atoms with van der Waals surface area (Å²) in [5.74, 6) is 0.608. The molecule has 0 saturated heterocycles. The van der Waals surface area contributed by atoms with Crippen molar-refractivity contribution < 1.29 is 24.3 Å². The average Bonchev–Trinajstić information content (AvgIpc) is 3.23. The molecular formula is C24H30N4O5. The fraction of sp³-hybridized carbons (Fsp3) is 0.417. The first kappa shape index (κ1) is 24.3. The summed E-state index contributed by atoms with van der Waals surface area (Å²) < 4.78 is 11.3. The van der Waals surface area contributed by atoms with E-state index in [1.807, 2.05) is 45.0 Å². The van der Waals surface area contributed by atoms with Crippen LogP contribution in [0.4, 0.5) is 0 Å². The number of rotatable bonds is 10. The molecule has 3 rings (SSSR count). The van der Waals surface area contributed by atoms with Gasteiger partial charge < -0.3 is 25.2 Å². The number of primary amides is 1. The summed E-state index contributed by atoms with van der Waals surface area (Å²) >= 11 is 0. The van der Waals surface area contributed by atoms with Crippen molar-refractivity contribution >= 4 is 5.91 Å². The van der Waals surface area contributed by atoms with Gasteiger partial charge in [0.15, 0.2) is 0 Å². The van der Waals surface area contributed by atoms with E-state index < -0.39 is 18.1 Å². The van der Waals surface area contributed by atoms with E-state index >= 15 is 0 Å². The maximum atomic E-state index is 10.9. The number of amides is 1. The topological polar surface area (TPSA) is 145 Å². The zero-order valence-corrected chi connectivity index (χ0v) is 19.3. The van der Waals surface area contributed by atoms with Crippen molar-refractivity contribution in [1.29, 1.82) is 0 Å². The summed E-state index contributed by atoms with van der Waals surface area (Å²) in [5.41, 5.74) is 10.2. The fourth-order valence-electron chi connectivity index (χ4n) is 3.63. The Balaban J connectivity index is 1.77. The predicted octanol–water partition coefficient (Wildman–Crippen LogP) is 2.65. The molecule has 2 heterocycles. The van der Waals surface area contributed by atoms with Crippen LogP contribution >= 0.6 is 0 Å². The molecule has 2 atom stereocenters. The standard InChI is InChI=1S/C24H30N4O5/c1-5-6-18-10-17(9-15(4)26-18)24-27-23(28-33-24)16-7-13(2)21(14(3)8-16)32-12-19(29)11-20(30)22(25)31/h7-10,19-20,29-30H,5-6,11-12H2,1-4H3,(H2,25,31)/t19-,20?/m0/s1. The highest BCUT2D eigenvalue weighted by atomic mass is 16.5. The average molecular weight is 455 g/mol. The highest BCUT2D eigenvalue weighted by Crippen LogP contribution is 2.30. The van der Waals surface area contributed by atoms with E-state index in [-0.39, 0.29) is 13.0 Å². The van der Waals surface area contributed by atoms with Crippen LogP contribution in [0.5, 0.6) is 5.75 Å². The number of carbonyl (C=O) groups excluding carboxylic acids is 1. The van der Waals surface area contributed by atoms with Gasteiger partial charge >= 0.3 is 0 Å². The third-order valence-electron chi connectivity index (χ3n) is 5.15. The van der Waals surface area contributed by atoms with Gasteiger partial charge in [0, 0.05) is 28.9 Å². The van der Waals surface area contributed by atoms with Gasteiger partial charge in [-0.15, -0.1) is 0 Å². The van der Waals surface area contributed by atoms with Gasteiger partial charge in [-0.2, -0.15) is 4.98 Å². The first-order chi connectivity index (χ1) is 15.7. The second kappa shape index (κ2) is 10.5. The quantitative estimate of drug-likeness (QED) is 0.424. The van der Waals surface area contributed by atoms with E-state index in [9.17, 15) is 15.0 Å². The number of aliphatic hydroxyl groups is 2. The van der Waals surface area contributed by atoms with Crippen LogP contribution < -0.4 is 10.5 Å². The Morgan fingerprint density at radius 1 is 1.09 bits per heavy atom. The molecule has 0 radical (unpaired) electrons. The SMILES string of the molecule is CCCc1cc(-c2nc(-c3cc(C)c(OC[C@@H](O)CC(O)C(N)=O)c(C)c3)no2)cc(C)n1. The number of aryl methyl sites for hydroxylation is 4. The molecule has 0 aliphatic carbocycles. The van der Waals surface area contributed by atoms with Crippen molar-refractivity contribution in [3.8, 4) is 28.6 Å². The number of nitrogens with two attached hydrogens (primary N) is 1. The van der Waals surface area contributed by atoms with Crippen LogP contribution in [0.25, 0.3) is 22.8 Å². The molecule has 1 aromatic carbocycles. The number of hydrogen-bond donors (Lipinski definition) is 3. The van der Waals surface area contributed by atoms with Crippen molar-refractivity contribution in [2.24, 2.45) is 5.73 Å². The lowest BCUT2D eigenvalue weighted by atomic mass is 10.0. The van der Waals surface area contributed by atoms with Crippen LogP contribution in [0, 0.1) is 20.8 Å². The number of aliphatic hydroxyl groups excluding tert-OH is 2. The fourth-order valence-corrected chi connectivity index (χ4v) is 3.63. The number of benzene rings is 1. The Bertz CT molecular complexity index is 1100. The van der Waals surface area contributed by atoms with Crippen LogP contribution in [-0.2, 0) is 11.2 Å². The van der Waals surface area contributed by atoms with Crippen molar-refractivity contribution in [2.45, 2.75) is 59.2 Å². The molecule has 0 bridgehead atoms. The largest absolute Gasteiger partial charge is 0.490 e. The van der Waals surface area contributed by atoms with Crippen LogP contribution in [0.3, 0.4) is 0 Å². The monoisotopic (exact) mass is 454 g/mol. The smallest absolute Gasteiger partial charge is 0.258 e. The Labute approximate surface area is 192 Å². The highest BCUT2D eigenvalue weighted by molar-refractivity contribution is 5.78. The summed E-state index contributed by atoms with van der Waals surface area (Å²) in [6.07, 6.45) is -0.757. The predicted molar refractivity (Wildman–Crippen MR) is 122 cm³/mol. The van der Waals surface area contributed by atoms with Gasteiger partial charge in [-0.1, -0.05) is 18.5 Å². The van der Waals surface area contributed by atoms with Gasteiger partial charge in [0.25, 0.3) is 5.89 Å². The highest BCUT2D eigenvalue weighted by Gasteiger charge is 2.19. The molecule has 0 fully saturated rings. The van der Waals surface area contributed by atoms with E-state index in [0.29, 0.717) is 17.5 Å². The summed E-state index contributed by atoms with van der Waals surface area (Å²) in [5, 5.41) is 23.6. The van der Waals surface area contributed by atoms with Crippen molar-refractivity contribution in [2.75, 3.05) is 6.61 Å². The van der Waals surface area contributed by atoms with E-state index in [1.54, 1.807) is 0 Å². The molecule has 0 saturated carbocycles. The Hall–Kier alpha value is -3.30. The van der Waals surface area contributed by atoms with E-state index in [0.717, 1.165) is 46.5 Å². The van der Waals surface area contributed by atoms with Crippen LogP contribution in [0.2, 0.25) is 0 Å².